The number of nitrogens with one attached hydrogen (secondary N) is 2. The molecule has 0 aliphatic heterocycles. The maximum atomic E-state index is 12.3. The van der Waals surface area contributed by atoms with Gasteiger partial charge in [0.05, 0.1) is 12.1 Å². The summed E-state index contributed by atoms with van der Waals surface area (Å²) in [7, 11) is 1.52. The first kappa shape index (κ1) is 22.3. The van der Waals surface area contributed by atoms with Crippen molar-refractivity contribution in [3.8, 4) is 22.9 Å². The number of amides is 2. The number of anilines is 2. The van der Waals surface area contributed by atoms with Gasteiger partial charge in [-0.05, 0) is 48.7 Å². The molecule has 0 spiro atoms. The van der Waals surface area contributed by atoms with E-state index in [-0.39, 0.29) is 12.6 Å². The fraction of sp³-hybridized carbons (Fsp3) is 0.217. The van der Waals surface area contributed by atoms with Gasteiger partial charge in [-0.15, -0.1) is 0 Å². The van der Waals surface area contributed by atoms with Crippen LogP contribution in [0.25, 0.3) is 11.1 Å². The van der Waals surface area contributed by atoms with Gasteiger partial charge in [0.15, 0.2) is 0 Å². The number of methoxy groups -OCH3 is 1. The summed E-state index contributed by atoms with van der Waals surface area (Å²) in [6.07, 6.45) is 4.41. The quantitative estimate of drug-likeness (QED) is 0.438. The first-order chi connectivity index (χ1) is 15.9. The largest absolute Gasteiger partial charge is 0.495 e. The van der Waals surface area contributed by atoms with E-state index < -0.39 is 17.4 Å². The molecule has 2 aromatic carbocycles. The lowest BCUT2D eigenvalue weighted by Crippen LogP contribution is -2.23. The van der Waals surface area contributed by atoms with Crippen LogP contribution in [0.3, 0.4) is 0 Å². The third kappa shape index (κ3) is 5.32. The third-order valence-corrected chi connectivity index (χ3v) is 5.59. The molecule has 0 bridgehead atoms. The number of carboxylic acids is 1. The molecule has 9 nitrogen and oxygen atoms in total. The Hall–Kier alpha value is -3.85. The van der Waals surface area contributed by atoms with E-state index in [1.165, 1.54) is 7.11 Å². The van der Waals surface area contributed by atoms with E-state index in [1.807, 2.05) is 12.1 Å². The van der Waals surface area contributed by atoms with Gasteiger partial charge >= 0.3 is 18.0 Å². The monoisotopic (exact) mass is 468 g/mol. The average molecular weight is 469 g/mol. The molecule has 10 heteroatoms. The highest BCUT2D eigenvalue weighted by Crippen LogP contribution is 2.45. The molecule has 33 heavy (non-hydrogen) atoms. The van der Waals surface area contributed by atoms with Crippen LogP contribution < -0.4 is 20.1 Å². The molecule has 3 aromatic rings. The number of hydrogen-bond acceptors (Lipinski definition) is 6. The van der Waals surface area contributed by atoms with Crippen molar-refractivity contribution in [3.63, 3.8) is 0 Å². The number of benzene rings is 2. The Labute approximate surface area is 194 Å². The molecule has 0 atom stereocenters. The van der Waals surface area contributed by atoms with Crippen molar-refractivity contribution >= 4 is 35.0 Å². The second kappa shape index (κ2) is 9.33. The van der Waals surface area contributed by atoms with Gasteiger partial charge in [0.2, 0.25) is 0 Å². The van der Waals surface area contributed by atoms with Crippen LogP contribution in [0.1, 0.15) is 12.8 Å². The highest BCUT2D eigenvalue weighted by atomic mass is 35.5. The fourth-order valence-electron chi connectivity index (χ4n) is 3.10. The topological polar surface area (TPSA) is 123 Å². The molecule has 1 aromatic heterocycles. The molecule has 0 saturated heterocycles. The van der Waals surface area contributed by atoms with Gasteiger partial charge in [-0.1, -0.05) is 23.7 Å². The smallest absolute Gasteiger partial charge is 0.323 e. The number of aromatic nitrogens is 2. The molecule has 0 unspecified atom stereocenters. The minimum atomic E-state index is -0.853. The summed E-state index contributed by atoms with van der Waals surface area (Å²) >= 11 is 6.07. The number of hydrogen-bond donors (Lipinski definition) is 3. The highest BCUT2D eigenvalue weighted by Gasteiger charge is 2.51. The maximum absolute atomic E-state index is 12.3. The van der Waals surface area contributed by atoms with Crippen LogP contribution in [0.15, 0.2) is 54.9 Å². The van der Waals surface area contributed by atoms with Crippen molar-refractivity contribution in [1.29, 1.82) is 0 Å². The second-order valence-electron chi connectivity index (χ2n) is 7.63. The molecule has 1 fully saturated rings. The molecule has 1 heterocycles. The van der Waals surface area contributed by atoms with E-state index >= 15 is 0 Å². The molecule has 0 radical (unpaired) electrons. The molecule has 1 saturated carbocycles. The molecule has 170 valence electrons. The van der Waals surface area contributed by atoms with E-state index in [9.17, 15) is 14.7 Å². The summed E-state index contributed by atoms with van der Waals surface area (Å²) in [6.45, 7) is 0.0623. The van der Waals surface area contributed by atoms with Crippen molar-refractivity contribution in [1.82, 2.24) is 9.97 Å². The summed E-state index contributed by atoms with van der Waals surface area (Å²) in [4.78, 5) is 31.8. The molecule has 3 N–H and O–H groups in total. The van der Waals surface area contributed by atoms with Crippen LogP contribution in [0, 0.1) is 5.41 Å². The lowest BCUT2D eigenvalue weighted by molar-refractivity contribution is -0.144. The van der Waals surface area contributed by atoms with Gasteiger partial charge in [-0.3, -0.25) is 4.79 Å². The summed E-state index contributed by atoms with van der Waals surface area (Å²) < 4.78 is 10.5. The number of carbonyl (C=O) groups excluding carboxylic acids is 1. The van der Waals surface area contributed by atoms with Crippen molar-refractivity contribution in [2.75, 3.05) is 24.4 Å². The zero-order valence-electron chi connectivity index (χ0n) is 17.7. The van der Waals surface area contributed by atoms with Crippen molar-refractivity contribution in [2.45, 2.75) is 12.8 Å². The average Bonchev–Trinajstić information content (AvgIpc) is 3.60. The molecular weight excluding hydrogens is 448 g/mol. The standard InChI is InChI=1S/C23H21ClN4O5/c1-32-19-7-6-17(10-18(19)24)28-21(31)27-16-4-2-14(3-5-16)15-11-25-22(26-12-15)33-13-23(8-9-23)20(29)30/h2-7,10-12H,8-9,13H2,1H3,(H,29,30)(H2,27,28,31). The van der Waals surface area contributed by atoms with E-state index in [0.717, 1.165) is 11.1 Å². The van der Waals surface area contributed by atoms with Crippen LogP contribution in [0.4, 0.5) is 16.2 Å². The zero-order chi connectivity index (χ0) is 23.4. The normalized spacial score (nSPS) is 13.6. The van der Waals surface area contributed by atoms with Crippen LogP contribution in [-0.4, -0.2) is 40.8 Å². The van der Waals surface area contributed by atoms with Gasteiger partial charge in [0, 0.05) is 29.3 Å². The summed E-state index contributed by atoms with van der Waals surface area (Å²) in [5, 5.41) is 15.0. The highest BCUT2D eigenvalue weighted by molar-refractivity contribution is 6.32. The molecule has 4 rings (SSSR count). The Kier molecular flexibility index (Phi) is 6.32. The Balaban J connectivity index is 1.32. The summed E-state index contributed by atoms with van der Waals surface area (Å²) in [6, 6.07) is 11.8. The van der Waals surface area contributed by atoms with Crippen molar-refractivity contribution in [3.05, 3.63) is 59.9 Å². The molecule has 1 aliphatic carbocycles. The van der Waals surface area contributed by atoms with Gasteiger partial charge in [-0.2, -0.15) is 0 Å². The number of rotatable bonds is 8. The number of ether oxygens (including phenoxy) is 2. The predicted molar refractivity (Wildman–Crippen MR) is 123 cm³/mol. The van der Waals surface area contributed by atoms with Crippen LogP contribution >= 0.6 is 11.6 Å². The minimum absolute atomic E-state index is 0.0623. The molecule has 2 amide bonds. The van der Waals surface area contributed by atoms with Gasteiger partial charge in [0.1, 0.15) is 17.8 Å². The van der Waals surface area contributed by atoms with E-state index in [4.69, 9.17) is 21.1 Å². The Morgan fingerprint density at radius 2 is 1.67 bits per heavy atom. The van der Waals surface area contributed by atoms with Gasteiger partial charge in [-0.25, -0.2) is 14.8 Å². The second-order valence-corrected chi connectivity index (χ2v) is 8.04. The Morgan fingerprint density at radius 3 is 2.24 bits per heavy atom. The fourth-order valence-corrected chi connectivity index (χ4v) is 3.35. The van der Waals surface area contributed by atoms with Crippen LogP contribution in [0.5, 0.6) is 11.8 Å². The number of carbonyl (C=O) groups is 2. The minimum Gasteiger partial charge on any atom is -0.495 e. The Morgan fingerprint density at radius 1 is 1.03 bits per heavy atom. The predicted octanol–water partition coefficient (Wildman–Crippen LogP) is 4.69. The van der Waals surface area contributed by atoms with Crippen LogP contribution in [-0.2, 0) is 4.79 Å². The number of nitrogens with zero attached hydrogens (tertiary/aromatic N) is 2. The third-order valence-electron chi connectivity index (χ3n) is 5.30. The van der Waals surface area contributed by atoms with Crippen molar-refractivity contribution in [2.24, 2.45) is 5.41 Å². The van der Waals surface area contributed by atoms with Crippen LogP contribution in [0.2, 0.25) is 5.02 Å². The number of carboxylic acid groups (broad SMARTS) is 1. The number of aliphatic carboxylic acids is 1. The summed E-state index contributed by atoms with van der Waals surface area (Å²) in [5.41, 5.74) is 1.94. The zero-order valence-corrected chi connectivity index (χ0v) is 18.4. The first-order valence-electron chi connectivity index (χ1n) is 10.1. The van der Waals surface area contributed by atoms with E-state index in [2.05, 4.69) is 20.6 Å². The van der Waals surface area contributed by atoms with Crippen molar-refractivity contribution < 1.29 is 24.2 Å². The van der Waals surface area contributed by atoms with E-state index in [0.29, 0.717) is 35.0 Å². The van der Waals surface area contributed by atoms with Gasteiger partial charge < -0.3 is 25.2 Å². The molecule has 1 aliphatic rings. The van der Waals surface area contributed by atoms with Gasteiger partial charge in [0.25, 0.3) is 0 Å². The number of halogens is 1. The SMILES string of the molecule is COc1ccc(NC(=O)Nc2ccc(-c3cnc(OCC4(C(=O)O)CC4)nc3)cc2)cc1Cl. The summed E-state index contributed by atoms with van der Waals surface area (Å²) in [5.74, 6) is -0.330. The number of urea groups is 1. The lowest BCUT2D eigenvalue weighted by Gasteiger charge is -2.11. The lowest BCUT2D eigenvalue weighted by atomic mass is 10.1. The maximum Gasteiger partial charge on any atom is 0.323 e. The van der Waals surface area contributed by atoms with E-state index in [1.54, 1.807) is 42.7 Å². The Bertz CT molecular complexity index is 1160. The first-order valence-corrected chi connectivity index (χ1v) is 10.5. The molecular formula is C23H21ClN4O5.